The van der Waals surface area contributed by atoms with Crippen LogP contribution in [-0.4, -0.2) is 35.1 Å². The van der Waals surface area contributed by atoms with E-state index in [1.807, 2.05) is 24.3 Å². The van der Waals surface area contributed by atoms with Gasteiger partial charge in [0.05, 0.1) is 5.69 Å². The minimum absolute atomic E-state index is 0.442. The number of aliphatic carboxylic acids is 1. The van der Waals surface area contributed by atoms with Crippen LogP contribution in [0.3, 0.4) is 0 Å². The average Bonchev–Trinajstić information content (AvgIpc) is 2.39. The van der Waals surface area contributed by atoms with Crippen molar-refractivity contribution in [3.8, 4) is 0 Å². The van der Waals surface area contributed by atoms with E-state index in [9.17, 15) is 14.7 Å². The molecule has 1 amide bonds. The van der Waals surface area contributed by atoms with Gasteiger partial charge in [-0.25, -0.2) is 10.0 Å². The van der Waals surface area contributed by atoms with Crippen LogP contribution in [0.15, 0.2) is 34.3 Å². The molecule has 0 spiro atoms. The summed E-state index contributed by atoms with van der Waals surface area (Å²) in [6.07, 6.45) is 0.997. The van der Waals surface area contributed by atoms with Crippen LogP contribution in [0.5, 0.6) is 0 Å². The molecule has 7 nitrogen and oxygen atoms in total. The number of rotatable bonds is 2. The molecule has 1 aromatic rings. The zero-order valence-corrected chi connectivity index (χ0v) is 9.74. The number of carboxylic acid groups (broad SMARTS) is 1. The number of amides is 1. The lowest BCUT2D eigenvalue weighted by Crippen LogP contribution is -2.55. The molecule has 19 heavy (non-hydrogen) atoms. The molecule has 96 valence electrons. The third-order valence-electron chi connectivity index (χ3n) is 2.86. The normalized spacial score (nSPS) is 20.2. The molecule has 2 aliphatic rings. The van der Waals surface area contributed by atoms with Gasteiger partial charge in [-0.2, -0.15) is 0 Å². The third kappa shape index (κ3) is 1.95. The number of nitrogens with one attached hydrogen (secondary N) is 1. The molecule has 0 aromatic heterocycles. The zero-order chi connectivity index (χ0) is 13.4. The number of carbonyl (C=O) groups is 2. The average molecular weight is 257 g/mol. The summed E-state index contributed by atoms with van der Waals surface area (Å²) in [6.45, 7) is 0. The van der Waals surface area contributed by atoms with Crippen LogP contribution < -0.4 is 10.5 Å². The number of benzene rings is 1. The van der Waals surface area contributed by atoms with E-state index >= 15 is 0 Å². The van der Waals surface area contributed by atoms with E-state index in [2.05, 4.69) is 15.4 Å². The monoisotopic (exact) mass is 257 g/mol. The van der Waals surface area contributed by atoms with Crippen molar-refractivity contribution in [3.63, 3.8) is 0 Å². The molecule has 0 aliphatic carbocycles. The number of aliphatic imine (C=N–C) groups is 2. The largest absolute Gasteiger partial charge is 0.550 e. The molecule has 7 heteroatoms. The van der Waals surface area contributed by atoms with Gasteiger partial charge in [0, 0.05) is 18.0 Å². The summed E-state index contributed by atoms with van der Waals surface area (Å²) < 4.78 is 0. The lowest BCUT2D eigenvalue weighted by atomic mass is 10.1. The number of fused-ring (bicyclic) bond motifs is 3. The lowest BCUT2D eigenvalue weighted by Gasteiger charge is -2.32. The van der Waals surface area contributed by atoms with Crippen molar-refractivity contribution in [2.24, 2.45) is 9.98 Å². The minimum atomic E-state index is -1.31. The molecule has 1 N–H and O–H groups in total. The van der Waals surface area contributed by atoms with Crippen molar-refractivity contribution >= 4 is 29.7 Å². The Hall–Kier alpha value is -2.70. The maximum Gasteiger partial charge on any atom is 0.264 e. The Morgan fingerprint density at radius 1 is 1.42 bits per heavy atom. The van der Waals surface area contributed by atoms with E-state index in [0.717, 1.165) is 11.3 Å². The Morgan fingerprint density at radius 2 is 2.21 bits per heavy atom. The number of carbonyl (C=O) groups excluding carboxylic acids is 2. The number of amidine groups is 1. The van der Waals surface area contributed by atoms with Gasteiger partial charge in [-0.15, -0.1) is 0 Å². The fourth-order valence-corrected chi connectivity index (χ4v) is 1.99. The summed E-state index contributed by atoms with van der Waals surface area (Å²) in [5.74, 6) is -1.31. The topological polar surface area (TPSA) is 97.2 Å². The molecule has 3 rings (SSSR count). The maximum absolute atomic E-state index is 11.7. The summed E-state index contributed by atoms with van der Waals surface area (Å²) in [5, 5.41) is 12.0. The van der Waals surface area contributed by atoms with Gasteiger partial charge in [0.2, 0.25) is 0 Å². The summed E-state index contributed by atoms with van der Waals surface area (Å²) in [5.41, 5.74) is 4.00. The quantitative estimate of drug-likeness (QED) is 0.732. The highest BCUT2D eigenvalue weighted by Crippen LogP contribution is 2.25. The van der Waals surface area contributed by atoms with Crippen LogP contribution in [0, 0.1) is 0 Å². The number of hydrazine groups is 1. The van der Waals surface area contributed by atoms with Gasteiger partial charge in [0.25, 0.3) is 5.91 Å². The number of hydrogen-bond acceptors (Lipinski definition) is 6. The highest BCUT2D eigenvalue weighted by atomic mass is 16.4. The summed E-state index contributed by atoms with van der Waals surface area (Å²) in [4.78, 5) is 30.7. The highest BCUT2D eigenvalue weighted by molar-refractivity contribution is 6.13. The Labute approximate surface area is 108 Å². The molecule has 2 heterocycles. The summed E-state index contributed by atoms with van der Waals surface area (Å²) >= 11 is 0. The first-order chi connectivity index (χ1) is 9.15. The zero-order valence-electron chi connectivity index (χ0n) is 9.74. The SMILES string of the molecule is O=C([O-])C[C@@H]1N=C2c3ccccc3N=CN2NC1=O. The van der Waals surface area contributed by atoms with E-state index in [4.69, 9.17) is 0 Å². The Balaban J connectivity index is 2.04. The maximum atomic E-state index is 11.7. The molecule has 0 fully saturated rings. The van der Waals surface area contributed by atoms with Crippen molar-refractivity contribution in [1.29, 1.82) is 0 Å². The van der Waals surface area contributed by atoms with E-state index in [1.54, 1.807) is 0 Å². The molecule has 1 atom stereocenters. The van der Waals surface area contributed by atoms with Gasteiger partial charge in [-0.05, 0) is 12.1 Å². The summed E-state index contributed by atoms with van der Waals surface area (Å²) in [7, 11) is 0. The first-order valence-corrected chi connectivity index (χ1v) is 5.66. The van der Waals surface area contributed by atoms with Crippen molar-refractivity contribution in [2.45, 2.75) is 12.5 Å². The molecule has 0 radical (unpaired) electrons. The van der Waals surface area contributed by atoms with Gasteiger partial charge in [-0.1, -0.05) is 12.1 Å². The third-order valence-corrected chi connectivity index (χ3v) is 2.86. The van der Waals surface area contributed by atoms with Crippen LogP contribution in [-0.2, 0) is 9.59 Å². The number of carboxylic acids is 1. The molecular weight excluding hydrogens is 248 g/mol. The second kappa shape index (κ2) is 4.20. The second-order valence-electron chi connectivity index (χ2n) is 4.15. The van der Waals surface area contributed by atoms with Crippen molar-refractivity contribution in [3.05, 3.63) is 29.8 Å². The second-order valence-corrected chi connectivity index (χ2v) is 4.15. The lowest BCUT2D eigenvalue weighted by molar-refractivity contribution is -0.306. The van der Waals surface area contributed by atoms with Crippen LogP contribution in [0.25, 0.3) is 0 Å². The van der Waals surface area contributed by atoms with Crippen LogP contribution >= 0.6 is 0 Å². The standard InChI is InChI=1S/C12H10N4O3/c17-10(18)5-9-12(19)15-16-6-13-8-4-2-1-3-7(8)11(16)14-9/h1-4,6,9H,5H2,(H,15,19)(H,17,18)/p-1/t9-/m0/s1. The van der Waals surface area contributed by atoms with E-state index in [-0.39, 0.29) is 0 Å². The van der Waals surface area contributed by atoms with Gasteiger partial charge in [0.1, 0.15) is 12.4 Å². The molecular formula is C12H9N4O3-. The number of hydrogen-bond donors (Lipinski definition) is 1. The predicted molar refractivity (Wildman–Crippen MR) is 64.5 cm³/mol. The van der Waals surface area contributed by atoms with E-state index in [0.29, 0.717) is 5.84 Å². The fourth-order valence-electron chi connectivity index (χ4n) is 1.99. The Kier molecular flexibility index (Phi) is 2.52. The van der Waals surface area contributed by atoms with Crippen LogP contribution in [0.4, 0.5) is 5.69 Å². The van der Waals surface area contributed by atoms with Crippen LogP contribution in [0.1, 0.15) is 12.0 Å². The number of nitrogens with zero attached hydrogens (tertiary/aromatic N) is 3. The van der Waals surface area contributed by atoms with Crippen molar-refractivity contribution < 1.29 is 14.7 Å². The minimum Gasteiger partial charge on any atom is -0.550 e. The molecule has 2 aliphatic heterocycles. The van der Waals surface area contributed by atoms with Gasteiger partial charge >= 0.3 is 0 Å². The van der Waals surface area contributed by atoms with E-state index < -0.39 is 24.3 Å². The fraction of sp³-hybridized carbons (Fsp3) is 0.167. The van der Waals surface area contributed by atoms with Crippen LogP contribution in [0.2, 0.25) is 0 Å². The molecule has 0 saturated carbocycles. The van der Waals surface area contributed by atoms with Gasteiger partial charge in [0.15, 0.2) is 5.84 Å². The summed E-state index contributed by atoms with van der Waals surface area (Å²) in [6, 6.07) is 6.31. The molecule has 0 saturated heterocycles. The Morgan fingerprint density at radius 3 is 3.00 bits per heavy atom. The van der Waals surface area contributed by atoms with Gasteiger partial charge in [-0.3, -0.25) is 15.2 Å². The molecule has 0 bridgehead atoms. The van der Waals surface area contributed by atoms with E-state index in [1.165, 1.54) is 11.3 Å². The molecule has 0 unspecified atom stereocenters. The number of para-hydroxylation sites is 1. The van der Waals surface area contributed by atoms with Crippen molar-refractivity contribution in [2.75, 3.05) is 0 Å². The first kappa shape index (κ1) is 11.4. The predicted octanol–water partition coefficient (Wildman–Crippen LogP) is -1.04. The highest BCUT2D eigenvalue weighted by Gasteiger charge is 2.31. The molecule has 1 aromatic carbocycles. The van der Waals surface area contributed by atoms with Gasteiger partial charge < -0.3 is 9.90 Å². The Bertz CT molecular complexity index is 623. The first-order valence-electron chi connectivity index (χ1n) is 5.66. The van der Waals surface area contributed by atoms with Crippen molar-refractivity contribution in [1.82, 2.24) is 10.4 Å². The smallest absolute Gasteiger partial charge is 0.264 e.